The molecule has 0 fully saturated rings. The van der Waals surface area contributed by atoms with E-state index in [2.05, 4.69) is 10.5 Å². The lowest BCUT2D eigenvalue weighted by molar-refractivity contribution is -0.119. The van der Waals surface area contributed by atoms with Gasteiger partial charge in [-0.1, -0.05) is 54.6 Å². The van der Waals surface area contributed by atoms with Gasteiger partial charge in [0.25, 0.3) is 15.9 Å². The van der Waals surface area contributed by atoms with Gasteiger partial charge in [0.05, 0.1) is 23.4 Å². The first kappa shape index (κ1) is 29.4. The van der Waals surface area contributed by atoms with Crippen LogP contribution in [0.2, 0.25) is 0 Å². The molecule has 0 spiro atoms. The molecule has 4 aromatic carbocycles. The molecule has 1 amide bonds. The highest BCUT2D eigenvalue weighted by Gasteiger charge is 2.27. The summed E-state index contributed by atoms with van der Waals surface area (Å²) in [6.07, 6.45) is 1.47. The summed E-state index contributed by atoms with van der Waals surface area (Å²) in [4.78, 5) is 13.0. The summed E-state index contributed by atoms with van der Waals surface area (Å²) in [5.41, 5.74) is 6.32. The van der Waals surface area contributed by atoms with Crippen molar-refractivity contribution in [1.82, 2.24) is 5.43 Å². The van der Waals surface area contributed by atoms with Crippen LogP contribution in [0.1, 0.15) is 29.2 Å². The van der Waals surface area contributed by atoms with Gasteiger partial charge in [-0.2, -0.15) is 5.10 Å². The van der Waals surface area contributed by atoms with Crippen molar-refractivity contribution in [1.29, 1.82) is 0 Å². The van der Waals surface area contributed by atoms with Gasteiger partial charge < -0.3 is 9.47 Å². The number of sulfonamides is 1. The Morgan fingerprint density at radius 1 is 0.854 bits per heavy atom. The minimum absolute atomic E-state index is 0.0912. The van der Waals surface area contributed by atoms with E-state index in [1.54, 1.807) is 48.5 Å². The molecule has 41 heavy (non-hydrogen) atoms. The van der Waals surface area contributed by atoms with E-state index in [1.165, 1.54) is 18.3 Å². The molecule has 0 saturated carbocycles. The predicted octanol–water partition coefficient (Wildman–Crippen LogP) is 5.63. The SMILES string of the molecule is CCOc1cc(/C=N\NC(=O)CN(c2cc(C)cc(C)c2)S(=O)(=O)c2ccccc2)ccc1OCc1ccccc1. The van der Waals surface area contributed by atoms with Gasteiger partial charge in [-0.05, 0) is 85.5 Å². The number of hydrogen-bond donors (Lipinski definition) is 1. The first-order valence-corrected chi connectivity index (χ1v) is 14.6. The number of carbonyl (C=O) groups excluding carboxylic acids is 1. The summed E-state index contributed by atoms with van der Waals surface area (Å²) in [6, 6.07) is 28.6. The smallest absolute Gasteiger partial charge is 0.264 e. The Kier molecular flexibility index (Phi) is 9.76. The number of hydrazone groups is 1. The van der Waals surface area contributed by atoms with Gasteiger partial charge >= 0.3 is 0 Å². The van der Waals surface area contributed by atoms with Crippen molar-refractivity contribution in [3.63, 3.8) is 0 Å². The van der Waals surface area contributed by atoms with Crippen LogP contribution < -0.4 is 19.2 Å². The van der Waals surface area contributed by atoms with Crippen LogP contribution in [0.15, 0.2) is 107 Å². The Hall–Kier alpha value is -4.63. The van der Waals surface area contributed by atoms with E-state index in [-0.39, 0.29) is 4.90 Å². The van der Waals surface area contributed by atoms with Crippen molar-refractivity contribution in [2.45, 2.75) is 32.3 Å². The number of rotatable bonds is 12. The third kappa shape index (κ3) is 7.95. The van der Waals surface area contributed by atoms with E-state index in [0.717, 1.165) is 21.0 Å². The zero-order valence-electron chi connectivity index (χ0n) is 23.3. The number of hydrogen-bond acceptors (Lipinski definition) is 6. The van der Waals surface area contributed by atoms with Gasteiger partial charge in [0.1, 0.15) is 13.2 Å². The summed E-state index contributed by atoms with van der Waals surface area (Å²) in [5.74, 6) is 0.550. The Morgan fingerprint density at radius 2 is 1.51 bits per heavy atom. The average Bonchev–Trinajstić information content (AvgIpc) is 2.96. The molecule has 0 aromatic heterocycles. The van der Waals surface area contributed by atoms with Gasteiger partial charge in [0.15, 0.2) is 11.5 Å². The van der Waals surface area contributed by atoms with Crippen molar-refractivity contribution >= 4 is 27.8 Å². The lowest BCUT2D eigenvalue weighted by Gasteiger charge is -2.24. The van der Waals surface area contributed by atoms with Gasteiger partial charge in [-0.15, -0.1) is 0 Å². The summed E-state index contributed by atoms with van der Waals surface area (Å²) in [5, 5.41) is 4.06. The topological polar surface area (TPSA) is 97.3 Å². The lowest BCUT2D eigenvalue weighted by Crippen LogP contribution is -2.39. The lowest BCUT2D eigenvalue weighted by atomic mass is 10.1. The normalized spacial score (nSPS) is 11.3. The molecule has 212 valence electrons. The Labute approximate surface area is 241 Å². The molecule has 8 nitrogen and oxygen atoms in total. The van der Waals surface area contributed by atoms with Crippen LogP contribution in [-0.4, -0.2) is 33.7 Å². The minimum Gasteiger partial charge on any atom is -0.490 e. The highest BCUT2D eigenvalue weighted by atomic mass is 32.2. The minimum atomic E-state index is -4.01. The van der Waals surface area contributed by atoms with Crippen LogP contribution in [0.5, 0.6) is 11.5 Å². The van der Waals surface area contributed by atoms with Gasteiger partial charge in [-0.25, -0.2) is 13.8 Å². The number of carbonyl (C=O) groups is 1. The Morgan fingerprint density at radius 3 is 2.17 bits per heavy atom. The molecule has 0 atom stereocenters. The quantitative estimate of drug-likeness (QED) is 0.176. The average molecular weight is 572 g/mol. The molecule has 0 heterocycles. The molecule has 0 radical (unpaired) electrons. The molecule has 0 unspecified atom stereocenters. The maximum absolute atomic E-state index is 13.5. The molecule has 0 aliphatic carbocycles. The van der Waals surface area contributed by atoms with Crippen molar-refractivity contribution < 1.29 is 22.7 Å². The summed E-state index contributed by atoms with van der Waals surface area (Å²) < 4.78 is 39.9. The Bertz CT molecular complexity index is 1590. The molecule has 1 N–H and O–H groups in total. The molecule has 0 aliphatic rings. The molecule has 0 saturated heterocycles. The summed E-state index contributed by atoms with van der Waals surface area (Å²) in [7, 11) is -4.01. The van der Waals surface area contributed by atoms with Crippen LogP contribution in [-0.2, 0) is 21.4 Å². The second kappa shape index (κ2) is 13.6. The maximum Gasteiger partial charge on any atom is 0.264 e. The van der Waals surface area contributed by atoms with E-state index in [9.17, 15) is 13.2 Å². The van der Waals surface area contributed by atoms with Crippen molar-refractivity contribution in [2.24, 2.45) is 5.10 Å². The van der Waals surface area contributed by atoms with E-state index in [0.29, 0.717) is 36.0 Å². The number of benzene rings is 4. The van der Waals surface area contributed by atoms with Gasteiger partial charge in [0, 0.05) is 0 Å². The predicted molar refractivity (Wildman–Crippen MR) is 161 cm³/mol. The number of nitrogens with one attached hydrogen (secondary N) is 1. The monoisotopic (exact) mass is 571 g/mol. The molecule has 4 aromatic rings. The van der Waals surface area contributed by atoms with Crippen LogP contribution in [0.25, 0.3) is 0 Å². The third-order valence-corrected chi connectivity index (χ3v) is 7.81. The van der Waals surface area contributed by atoms with Gasteiger partial charge in [-0.3, -0.25) is 9.10 Å². The largest absolute Gasteiger partial charge is 0.490 e. The Balaban J connectivity index is 1.48. The third-order valence-electron chi connectivity index (χ3n) is 6.02. The van der Waals surface area contributed by atoms with Crippen LogP contribution in [0, 0.1) is 13.8 Å². The number of aryl methyl sites for hydroxylation is 2. The molecule has 4 rings (SSSR count). The highest BCUT2D eigenvalue weighted by Crippen LogP contribution is 2.29. The zero-order chi connectivity index (χ0) is 29.2. The van der Waals surface area contributed by atoms with Crippen molar-refractivity contribution in [3.8, 4) is 11.5 Å². The molecule has 0 bridgehead atoms. The number of anilines is 1. The summed E-state index contributed by atoms with van der Waals surface area (Å²) in [6.45, 7) is 6.03. The number of nitrogens with zero attached hydrogens (tertiary/aromatic N) is 2. The van der Waals surface area contributed by atoms with E-state index < -0.39 is 22.5 Å². The van der Waals surface area contributed by atoms with E-state index in [1.807, 2.05) is 57.2 Å². The van der Waals surface area contributed by atoms with E-state index in [4.69, 9.17) is 9.47 Å². The number of ether oxygens (including phenoxy) is 2. The van der Waals surface area contributed by atoms with E-state index >= 15 is 0 Å². The van der Waals surface area contributed by atoms with Crippen LogP contribution >= 0.6 is 0 Å². The summed E-state index contributed by atoms with van der Waals surface area (Å²) >= 11 is 0. The highest BCUT2D eigenvalue weighted by molar-refractivity contribution is 7.92. The van der Waals surface area contributed by atoms with Crippen molar-refractivity contribution in [3.05, 3.63) is 119 Å². The van der Waals surface area contributed by atoms with Gasteiger partial charge in [0.2, 0.25) is 0 Å². The number of amides is 1. The molecule has 9 heteroatoms. The fourth-order valence-electron chi connectivity index (χ4n) is 4.20. The molecular weight excluding hydrogens is 538 g/mol. The molecule has 0 aliphatic heterocycles. The first-order valence-electron chi connectivity index (χ1n) is 13.2. The second-order valence-electron chi connectivity index (χ2n) is 9.38. The second-order valence-corrected chi connectivity index (χ2v) is 11.2. The fourth-order valence-corrected chi connectivity index (χ4v) is 5.63. The first-order chi connectivity index (χ1) is 19.8. The zero-order valence-corrected chi connectivity index (χ0v) is 24.1. The van der Waals surface area contributed by atoms with Crippen LogP contribution in [0.3, 0.4) is 0 Å². The standard InChI is InChI=1S/C32H33N3O5S/c1-4-39-31-20-27(15-16-30(31)40-23-26-11-7-5-8-12-26)21-33-34-32(36)22-35(28-18-24(2)17-25(3)19-28)41(37,38)29-13-9-6-10-14-29/h5-21H,4,22-23H2,1-3H3,(H,34,36)/b33-21-. The maximum atomic E-state index is 13.5. The molecular formula is C32H33N3O5S. The van der Waals surface area contributed by atoms with Crippen molar-refractivity contribution in [2.75, 3.05) is 17.5 Å². The van der Waals surface area contributed by atoms with Crippen LogP contribution in [0.4, 0.5) is 5.69 Å². The fraction of sp³-hybridized carbons (Fsp3) is 0.188.